The lowest BCUT2D eigenvalue weighted by molar-refractivity contribution is 0.527. The highest BCUT2D eigenvalue weighted by Gasteiger charge is 2.06. The highest BCUT2D eigenvalue weighted by molar-refractivity contribution is 9.10. The zero-order valence-corrected chi connectivity index (χ0v) is 15.3. The number of aromatic nitrogens is 2. The van der Waals surface area contributed by atoms with Crippen molar-refractivity contribution in [2.75, 3.05) is 0 Å². The van der Waals surface area contributed by atoms with E-state index in [4.69, 9.17) is 11.6 Å². The fourth-order valence-corrected chi connectivity index (χ4v) is 2.83. The van der Waals surface area contributed by atoms with E-state index in [1.165, 1.54) is 64.1 Å². The van der Waals surface area contributed by atoms with Gasteiger partial charge in [-0.05, 0) is 22.4 Å². The van der Waals surface area contributed by atoms with Crippen molar-refractivity contribution >= 4 is 27.5 Å². The number of rotatable bonds is 11. The lowest BCUT2D eigenvalue weighted by Gasteiger charge is -2.06. The molecule has 1 aromatic rings. The number of unbranched alkanes of at least 4 members (excludes halogenated alkanes) is 9. The normalized spacial score (nSPS) is 11.0. The van der Waals surface area contributed by atoms with Crippen LogP contribution in [-0.2, 0) is 6.54 Å². The molecule has 0 aliphatic rings. The van der Waals surface area contributed by atoms with Gasteiger partial charge in [-0.2, -0.15) is 0 Å². The van der Waals surface area contributed by atoms with E-state index in [1.807, 2.05) is 0 Å². The first-order chi connectivity index (χ1) is 10.2. The maximum atomic E-state index is 11.9. The van der Waals surface area contributed by atoms with Crippen LogP contribution in [0.25, 0.3) is 0 Å². The first-order valence-corrected chi connectivity index (χ1v) is 9.24. The van der Waals surface area contributed by atoms with Crippen LogP contribution in [0.3, 0.4) is 0 Å². The van der Waals surface area contributed by atoms with E-state index in [2.05, 4.69) is 27.8 Å². The first-order valence-electron chi connectivity index (χ1n) is 8.07. The van der Waals surface area contributed by atoms with Crippen LogP contribution in [0.1, 0.15) is 71.1 Å². The molecule has 0 bridgehead atoms. The Balaban J connectivity index is 2.07. The van der Waals surface area contributed by atoms with Gasteiger partial charge in [-0.15, -0.1) is 0 Å². The monoisotopic (exact) mass is 376 g/mol. The minimum atomic E-state index is -0.0917. The third kappa shape index (κ3) is 7.46. The van der Waals surface area contributed by atoms with E-state index in [0.29, 0.717) is 4.47 Å². The molecule has 21 heavy (non-hydrogen) atoms. The van der Waals surface area contributed by atoms with Crippen LogP contribution in [0.5, 0.6) is 0 Å². The lowest BCUT2D eigenvalue weighted by Crippen LogP contribution is -2.21. The van der Waals surface area contributed by atoms with Crippen molar-refractivity contribution in [1.82, 2.24) is 9.55 Å². The van der Waals surface area contributed by atoms with Gasteiger partial charge in [0.1, 0.15) is 4.47 Å². The Hall–Kier alpha value is -0.350. The molecule has 0 atom stereocenters. The molecular formula is C16H26BrClN2O. The van der Waals surface area contributed by atoms with E-state index in [9.17, 15) is 4.79 Å². The minimum absolute atomic E-state index is 0.0917. The summed E-state index contributed by atoms with van der Waals surface area (Å²) in [6.07, 6.45) is 14.5. The smallest absolute Gasteiger partial charge is 0.269 e. The summed E-state index contributed by atoms with van der Waals surface area (Å²) in [5.41, 5.74) is -0.0917. The predicted molar refractivity (Wildman–Crippen MR) is 93.1 cm³/mol. The molecule has 0 aliphatic heterocycles. The Bertz CT molecular complexity index is 462. The van der Waals surface area contributed by atoms with E-state index in [1.54, 1.807) is 4.57 Å². The van der Waals surface area contributed by atoms with Gasteiger partial charge in [-0.1, -0.05) is 76.3 Å². The summed E-state index contributed by atoms with van der Waals surface area (Å²) in [6, 6.07) is 0. The van der Waals surface area contributed by atoms with Crippen molar-refractivity contribution in [2.24, 2.45) is 0 Å². The fraction of sp³-hybridized carbons (Fsp3) is 0.750. The third-order valence-corrected chi connectivity index (χ3v) is 4.92. The summed E-state index contributed by atoms with van der Waals surface area (Å²) < 4.78 is 1.99. The summed E-state index contributed by atoms with van der Waals surface area (Å²) in [6.45, 7) is 2.97. The standard InChI is InChI=1S/C16H26BrClN2O/c1-2-3-4-5-6-7-8-9-10-11-12-20-13-19-15(18)14(17)16(20)21/h13H,2-12H2,1H3. The molecule has 1 aromatic heterocycles. The van der Waals surface area contributed by atoms with Crippen molar-refractivity contribution in [3.63, 3.8) is 0 Å². The highest BCUT2D eigenvalue weighted by Crippen LogP contribution is 2.14. The molecule has 1 rings (SSSR count). The van der Waals surface area contributed by atoms with E-state index >= 15 is 0 Å². The predicted octanol–water partition coefficient (Wildman–Crippen LogP) is 5.58. The molecule has 0 fully saturated rings. The molecule has 0 aliphatic carbocycles. The summed E-state index contributed by atoms with van der Waals surface area (Å²) in [5, 5.41) is 0.235. The van der Waals surface area contributed by atoms with Crippen molar-refractivity contribution < 1.29 is 0 Å². The van der Waals surface area contributed by atoms with Crippen LogP contribution >= 0.6 is 27.5 Å². The Kier molecular flexibility index (Phi) is 10.0. The van der Waals surface area contributed by atoms with E-state index < -0.39 is 0 Å². The summed E-state index contributed by atoms with van der Waals surface area (Å²) in [4.78, 5) is 15.9. The Morgan fingerprint density at radius 3 is 2.14 bits per heavy atom. The molecule has 5 heteroatoms. The average molecular weight is 378 g/mol. The van der Waals surface area contributed by atoms with Gasteiger partial charge >= 0.3 is 0 Å². The summed E-state index contributed by atoms with van der Waals surface area (Å²) in [5.74, 6) is 0. The van der Waals surface area contributed by atoms with Gasteiger partial charge in [0.15, 0.2) is 5.15 Å². The van der Waals surface area contributed by atoms with Gasteiger partial charge in [0.25, 0.3) is 5.56 Å². The van der Waals surface area contributed by atoms with Crippen molar-refractivity contribution in [3.8, 4) is 0 Å². The molecule has 0 aromatic carbocycles. The van der Waals surface area contributed by atoms with Gasteiger partial charge in [0, 0.05) is 6.54 Å². The van der Waals surface area contributed by atoms with E-state index in [-0.39, 0.29) is 10.7 Å². The molecule has 0 unspecified atom stereocenters. The van der Waals surface area contributed by atoms with Crippen LogP contribution in [0.4, 0.5) is 0 Å². The Morgan fingerprint density at radius 1 is 1.05 bits per heavy atom. The van der Waals surface area contributed by atoms with Crippen LogP contribution in [0.2, 0.25) is 5.15 Å². The van der Waals surface area contributed by atoms with Gasteiger partial charge in [0.2, 0.25) is 0 Å². The van der Waals surface area contributed by atoms with Crippen LogP contribution in [-0.4, -0.2) is 9.55 Å². The van der Waals surface area contributed by atoms with Gasteiger partial charge in [0.05, 0.1) is 6.33 Å². The molecule has 0 amide bonds. The minimum Gasteiger partial charge on any atom is -0.298 e. The largest absolute Gasteiger partial charge is 0.298 e. The number of halogens is 2. The molecular weight excluding hydrogens is 352 g/mol. The number of hydrogen-bond donors (Lipinski definition) is 0. The summed E-state index contributed by atoms with van der Waals surface area (Å²) in [7, 11) is 0. The molecule has 3 nitrogen and oxygen atoms in total. The van der Waals surface area contributed by atoms with Crippen LogP contribution in [0.15, 0.2) is 15.6 Å². The van der Waals surface area contributed by atoms with Gasteiger partial charge in [-0.25, -0.2) is 4.98 Å². The highest BCUT2D eigenvalue weighted by atomic mass is 79.9. The van der Waals surface area contributed by atoms with Crippen LogP contribution in [0, 0.1) is 0 Å². The zero-order chi connectivity index (χ0) is 15.5. The second kappa shape index (κ2) is 11.2. The second-order valence-electron chi connectivity index (χ2n) is 5.53. The van der Waals surface area contributed by atoms with E-state index in [0.717, 1.165) is 13.0 Å². The number of nitrogens with zero attached hydrogens (tertiary/aromatic N) is 2. The number of aryl methyl sites for hydroxylation is 1. The average Bonchev–Trinajstić information content (AvgIpc) is 2.49. The lowest BCUT2D eigenvalue weighted by atomic mass is 10.1. The molecule has 1 heterocycles. The third-order valence-electron chi connectivity index (χ3n) is 3.69. The van der Waals surface area contributed by atoms with Crippen LogP contribution < -0.4 is 5.56 Å². The fourth-order valence-electron chi connectivity index (χ4n) is 2.37. The molecule has 0 radical (unpaired) electrons. The SMILES string of the molecule is CCCCCCCCCCCCn1cnc(Cl)c(Br)c1=O. The molecule has 0 N–H and O–H groups in total. The maximum Gasteiger partial charge on any atom is 0.269 e. The molecule has 120 valence electrons. The summed E-state index contributed by atoms with van der Waals surface area (Å²) >= 11 is 8.95. The zero-order valence-electron chi connectivity index (χ0n) is 12.9. The van der Waals surface area contributed by atoms with Crippen molar-refractivity contribution in [2.45, 2.75) is 77.7 Å². The van der Waals surface area contributed by atoms with Crippen molar-refractivity contribution in [1.29, 1.82) is 0 Å². The Morgan fingerprint density at radius 2 is 1.57 bits per heavy atom. The molecule has 0 saturated heterocycles. The molecule has 0 spiro atoms. The van der Waals surface area contributed by atoms with Crippen molar-refractivity contribution in [3.05, 3.63) is 26.3 Å². The first kappa shape index (κ1) is 18.7. The number of hydrogen-bond acceptors (Lipinski definition) is 2. The van der Waals surface area contributed by atoms with Gasteiger partial charge in [-0.3, -0.25) is 9.36 Å². The molecule has 0 saturated carbocycles. The topological polar surface area (TPSA) is 34.9 Å². The second-order valence-corrected chi connectivity index (χ2v) is 6.68. The van der Waals surface area contributed by atoms with Gasteiger partial charge < -0.3 is 0 Å². The quantitative estimate of drug-likeness (QED) is 0.372. The maximum absolute atomic E-state index is 11.9. The Labute approximate surface area is 141 Å².